The zero-order valence-corrected chi connectivity index (χ0v) is 20.0. The van der Waals surface area contributed by atoms with Gasteiger partial charge in [-0.15, -0.1) is 11.6 Å². The maximum absolute atomic E-state index is 12.7. The molecular formula is C24H39ClN2OS. The van der Waals surface area contributed by atoms with Gasteiger partial charge in [0, 0.05) is 25.0 Å². The molecule has 3 aliphatic rings. The minimum absolute atomic E-state index is 0.155. The molecule has 3 atom stereocenters. The summed E-state index contributed by atoms with van der Waals surface area (Å²) in [4.78, 5) is 15.3. The lowest BCUT2D eigenvalue weighted by Gasteiger charge is -2.46. The second-order valence-electron chi connectivity index (χ2n) is 9.85. The van der Waals surface area contributed by atoms with Crippen molar-refractivity contribution >= 4 is 29.3 Å². The Labute approximate surface area is 187 Å². The van der Waals surface area contributed by atoms with Crippen molar-refractivity contribution in [2.45, 2.75) is 70.2 Å². The molecule has 1 heterocycles. The van der Waals surface area contributed by atoms with Gasteiger partial charge in [0.2, 0.25) is 5.91 Å². The van der Waals surface area contributed by atoms with Crippen LogP contribution in [-0.2, 0) is 4.79 Å². The highest BCUT2D eigenvalue weighted by Crippen LogP contribution is 2.41. The van der Waals surface area contributed by atoms with Crippen molar-refractivity contribution in [1.82, 2.24) is 10.2 Å². The Morgan fingerprint density at radius 3 is 2.72 bits per heavy atom. The van der Waals surface area contributed by atoms with E-state index in [4.69, 9.17) is 11.6 Å². The highest BCUT2D eigenvalue weighted by molar-refractivity contribution is 7.98. The van der Waals surface area contributed by atoms with E-state index < -0.39 is 0 Å². The zero-order chi connectivity index (χ0) is 20.9. The predicted molar refractivity (Wildman–Crippen MR) is 127 cm³/mol. The molecule has 1 N–H and O–H groups in total. The molecule has 2 aliphatic carbocycles. The van der Waals surface area contributed by atoms with Gasteiger partial charge in [0.1, 0.15) is 0 Å². The number of nitrogens with zero attached hydrogens (tertiary/aromatic N) is 1. The first-order valence-corrected chi connectivity index (χ1v) is 13.3. The molecule has 0 radical (unpaired) electrons. The number of rotatable bonds is 8. The number of thioether (sulfide) groups is 1. The highest BCUT2D eigenvalue weighted by Gasteiger charge is 2.38. The molecule has 0 aromatic carbocycles. The van der Waals surface area contributed by atoms with Crippen molar-refractivity contribution < 1.29 is 4.79 Å². The van der Waals surface area contributed by atoms with E-state index in [-0.39, 0.29) is 22.8 Å². The van der Waals surface area contributed by atoms with Crippen LogP contribution in [0.25, 0.3) is 0 Å². The van der Waals surface area contributed by atoms with Crippen LogP contribution in [-0.4, -0.2) is 53.9 Å². The number of alkyl halides is 1. The quantitative estimate of drug-likeness (QED) is 0.525. The summed E-state index contributed by atoms with van der Waals surface area (Å²) in [5.41, 5.74) is 1.70. The number of likely N-dealkylation sites (tertiary alicyclic amines) is 1. The van der Waals surface area contributed by atoms with Crippen molar-refractivity contribution in [3.8, 4) is 0 Å². The molecule has 1 saturated heterocycles. The number of hydrogen-bond acceptors (Lipinski definition) is 3. The molecule has 3 rings (SSSR count). The maximum Gasteiger partial charge on any atom is 0.223 e. The van der Waals surface area contributed by atoms with E-state index in [0.29, 0.717) is 11.8 Å². The molecule has 1 saturated carbocycles. The fraction of sp³-hybridized carbons (Fsp3) is 0.792. The number of piperidine rings is 1. The largest absolute Gasteiger partial charge is 0.352 e. The molecule has 0 aromatic heterocycles. The van der Waals surface area contributed by atoms with Gasteiger partial charge in [0.05, 0.1) is 5.38 Å². The van der Waals surface area contributed by atoms with Crippen LogP contribution in [0.15, 0.2) is 23.8 Å². The van der Waals surface area contributed by atoms with Crippen LogP contribution in [0.3, 0.4) is 0 Å². The summed E-state index contributed by atoms with van der Waals surface area (Å²) in [5, 5.41) is 3.57. The second-order valence-corrected chi connectivity index (χ2v) is 11.4. The van der Waals surface area contributed by atoms with Gasteiger partial charge < -0.3 is 10.2 Å². The summed E-state index contributed by atoms with van der Waals surface area (Å²) in [7, 11) is 0. The maximum atomic E-state index is 12.7. The summed E-state index contributed by atoms with van der Waals surface area (Å²) in [6, 6.07) is 0.272. The fourth-order valence-corrected chi connectivity index (χ4v) is 6.08. The van der Waals surface area contributed by atoms with Crippen LogP contribution in [0.1, 0.15) is 58.8 Å². The molecule has 29 heavy (non-hydrogen) atoms. The van der Waals surface area contributed by atoms with E-state index in [1.165, 1.54) is 24.8 Å². The SMILES string of the molecule is CSCC[C@H](CN1CCC(C2=CCC(Cl)C=C2)C(C)(C)C1)NC(=O)C1CCCC1. The monoisotopic (exact) mass is 438 g/mol. The van der Waals surface area contributed by atoms with Gasteiger partial charge in [-0.25, -0.2) is 0 Å². The number of hydrogen-bond donors (Lipinski definition) is 1. The normalized spacial score (nSPS) is 28.9. The molecule has 0 bridgehead atoms. The van der Waals surface area contributed by atoms with Crippen molar-refractivity contribution in [2.24, 2.45) is 17.3 Å². The van der Waals surface area contributed by atoms with Crippen LogP contribution in [0.2, 0.25) is 0 Å². The smallest absolute Gasteiger partial charge is 0.223 e. The third kappa shape index (κ3) is 6.51. The van der Waals surface area contributed by atoms with E-state index in [1.54, 1.807) is 0 Å². The number of amides is 1. The Kier molecular flexibility index (Phi) is 8.59. The van der Waals surface area contributed by atoms with Gasteiger partial charge >= 0.3 is 0 Å². The Balaban J connectivity index is 1.57. The van der Waals surface area contributed by atoms with Crippen LogP contribution >= 0.6 is 23.4 Å². The number of allylic oxidation sites excluding steroid dienone is 4. The summed E-state index contributed by atoms with van der Waals surface area (Å²) >= 11 is 8.10. The number of halogens is 1. The molecule has 1 aliphatic heterocycles. The average Bonchev–Trinajstić information content (AvgIpc) is 3.21. The third-order valence-corrected chi connectivity index (χ3v) is 7.98. The topological polar surface area (TPSA) is 32.3 Å². The molecule has 2 fully saturated rings. The summed E-state index contributed by atoms with van der Waals surface area (Å²) < 4.78 is 0. The predicted octanol–water partition coefficient (Wildman–Crippen LogP) is 5.26. The van der Waals surface area contributed by atoms with Crippen molar-refractivity contribution in [1.29, 1.82) is 0 Å². The second kappa shape index (κ2) is 10.7. The lowest BCUT2D eigenvalue weighted by molar-refractivity contribution is -0.125. The summed E-state index contributed by atoms with van der Waals surface area (Å²) in [6.07, 6.45) is 16.7. The van der Waals surface area contributed by atoms with E-state index >= 15 is 0 Å². The molecule has 2 unspecified atom stereocenters. The van der Waals surface area contributed by atoms with Gasteiger partial charge in [-0.05, 0) is 67.6 Å². The summed E-state index contributed by atoms with van der Waals surface area (Å²) in [6.45, 7) is 7.98. The molecule has 0 spiro atoms. The number of carbonyl (C=O) groups excluding carboxylic acids is 1. The van der Waals surface area contributed by atoms with Crippen molar-refractivity contribution in [2.75, 3.05) is 31.6 Å². The Morgan fingerprint density at radius 1 is 1.34 bits per heavy atom. The van der Waals surface area contributed by atoms with Gasteiger partial charge in [0.25, 0.3) is 0 Å². The van der Waals surface area contributed by atoms with Crippen molar-refractivity contribution in [3.63, 3.8) is 0 Å². The number of carbonyl (C=O) groups is 1. The fourth-order valence-electron chi connectivity index (χ4n) is 5.40. The highest BCUT2D eigenvalue weighted by atomic mass is 35.5. The minimum atomic E-state index is 0.155. The summed E-state index contributed by atoms with van der Waals surface area (Å²) in [5.74, 6) is 2.25. The standard InChI is InChI=1S/C24H39ClN2OS/c1-24(2)17-27(14-12-22(24)18-8-10-20(25)11-9-18)16-21(13-15-29-3)26-23(28)19-6-4-5-7-19/h8-10,19-22H,4-7,11-17H2,1-3H3,(H,26,28)/t20?,21-,22?/m1/s1. The lowest BCUT2D eigenvalue weighted by Crippen LogP contribution is -2.52. The molecule has 1 amide bonds. The first-order chi connectivity index (χ1) is 13.9. The van der Waals surface area contributed by atoms with E-state index in [2.05, 4.69) is 48.5 Å². The molecule has 0 aromatic rings. The molecule has 3 nitrogen and oxygen atoms in total. The molecule has 5 heteroatoms. The Hall–Kier alpha value is -0.450. The first-order valence-electron chi connectivity index (χ1n) is 11.4. The molecular weight excluding hydrogens is 400 g/mol. The van der Waals surface area contributed by atoms with E-state index in [1.807, 2.05) is 11.8 Å². The van der Waals surface area contributed by atoms with Gasteiger partial charge in [-0.1, -0.05) is 44.9 Å². The zero-order valence-electron chi connectivity index (χ0n) is 18.5. The van der Waals surface area contributed by atoms with Gasteiger partial charge in [-0.3, -0.25) is 4.79 Å². The average molecular weight is 439 g/mol. The first kappa shape index (κ1) is 23.2. The lowest BCUT2D eigenvalue weighted by atomic mass is 9.69. The van der Waals surface area contributed by atoms with Crippen LogP contribution < -0.4 is 5.32 Å². The van der Waals surface area contributed by atoms with E-state index in [0.717, 1.165) is 51.1 Å². The number of nitrogens with one attached hydrogen (secondary N) is 1. The van der Waals surface area contributed by atoms with Crippen LogP contribution in [0.4, 0.5) is 0 Å². The van der Waals surface area contributed by atoms with Gasteiger partial charge in [0.15, 0.2) is 0 Å². The van der Waals surface area contributed by atoms with Crippen molar-refractivity contribution in [3.05, 3.63) is 23.8 Å². The Bertz CT molecular complexity index is 612. The van der Waals surface area contributed by atoms with Gasteiger partial charge in [-0.2, -0.15) is 11.8 Å². The minimum Gasteiger partial charge on any atom is -0.352 e. The Morgan fingerprint density at radius 2 is 2.10 bits per heavy atom. The molecule has 164 valence electrons. The van der Waals surface area contributed by atoms with Crippen LogP contribution in [0.5, 0.6) is 0 Å². The third-order valence-electron chi connectivity index (χ3n) is 7.01. The van der Waals surface area contributed by atoms with E-state index in [9.17, 15) is 4.79 Å². The van der Waals surface area contributed by atoms with Crippen LogP contribution in [0, 0.1) is 17.3 Å².